The number of quaternary nitrogens is 1. The highest BCUT2D eigenvalue weighted by Gasteiger charge is 2.27. The van der Waals surface area contributed by atoms with Gasteiger partial charge in [0.15, 0.2) is 6.10 Å². The standard InChI is InChI=1S/C50H82NO9P/c1-6-8-9-10-11-12-13-14-15-16-17-18-19-24-27-30-33-36-39-42-50(54)60-48(46-59-61(55,56)58-44-43-51(3,4)5)45-57-49(53)41-38-35-32-29-26-23-21-20-22-25-28-31-34-37-40-47(52)7-2/h8-9,11-12,14-15,17-18,21-25,27,29,31-32,34,47-48,52H,6-7,10,13,16,19-20,26,28,30,33,35-46H2,1-5H3/p+1/b9-8-,12-11-,15-14-,18-17-,23-21-,25-22-,27-24-,32-29-,34-31-/t47-,48+/m0/s1. The van der Waals surface area contributed by atoms with Crippen molar-refractivity contribution in [2.45, 2.75) is 148 Å². The third kappa shape index (κ3) is 44.5. The lowest BCUT2D eigenvalue weighted by Gasteiger charge is -2.24. The van der Waals surface area contributed by atoms with Crippen LogP contribution >= 0.6 is 7.82 Å². The molecule has 0 aliphatic heterocycles. The van der Waals surface area contributed by atoms with E-state index in [1.54, 1.807) is 0 Å². The summed E-state index contributed by atoms with van der Waals surface area (Å²) in [5, 5.41) is 9.57. The first-order valence-electron chi connectivity index (χ1n) is 22.7. The van der Waals surface area contributed by atoms with Crippen LogP contribution in [0.3, 0.4) is 0 Å². The Morgan fingerprint density at radius 1 is 0.574 bits per heavy atom. The van der Waals surface area contributed by atoms with E-state index in [9.17, 15) is 24.2 Å². The summed E-state index contributed by atoms with van der Waals surface area (Å²) in [6, 6.07) is 0. The number of carbonyl (C=O) groups excluding carboxylic acids is 2. The number of carbonyl (C=O) groups is 2. The van der Waals surface area contributed by atoms with Crippen LogP contribution in [-0.4, -0.2) is 86.1 Å². The Morgan fingerprint density at radius 2 is 1.03 bits per heavy atom. The molecule has 0 aliphatic rings. The van der Waals surface area contributed by atoms with E-state index in [-0.39, 0.29) is 32.2 Å². The molecule has 346 valence electrons. The van der Waals surface area contributed by atoms with Gasteiger partial charge in [-0.05, 0) is 103 Å². The molecule has 11 heteroatoms. The minimum absolute atomic E-state index is 0.00378. The molecule has 0 spiro atoms. The van der Waals surface area contributed by atoms with Crippen molar-refractivity contribution in [1.29, 1.82) is 0 Å². The van der Waals surface area contributed by atoms with E-state index in [1.165, 1.54) is 0 Å². The normalized spacial score (nSPS) is 15.1. The monoisotopic (exact) mass is 873 g/mol. The largest absolute Gasteiger partial charge is 0.472 e. The molecule has 0 aromatic carbocycles. The third-order valence-electron chi connectivity index (χ3n) is 8.95. The molecule has 0 aliphatic carbocycles. The number of phosphoric acid groups is 1. The van der Waals surface area contributed by atoms with Gasteiger partial charge in [0.05, 0.1) is 33.9 Å². The summed E-state index contributed by atoms with van der Waals surface area (Å²) in [5.74, 6) is -0.933. The van der Waals surface area contributed by atoms with E-state index in [1.807, 2.05) is 34.1 Å². The number of aliphatic hydroxyl groups is 1. The Balaban J connectivity index is 4.54. The number of likely N-dealkylation sites (N-methyl/N-ethyl adjacent to an activating group) is 1. The third-order valence-corrected chi connectivity index (χ3v) is 9.93. The van der Waals surface area contributed by atoms with Crippen molar-refractivity contribution in [2.75, 3.05) is 47.5 Å². The van der Waals surface area contributed by atoms with Crippen LogP contribution in [0.4, 0.5) is 0 Å². The van der Waals surface area contributed by atoms with Crippen LogP contribution in [-0.2, 0) is 32.7 Å². The van der Waals surface area contributed by atoms with Crippen molar-refractivity contribution in [3.8, 4) is 0 Å². The lowest BCUT2D eigenvalue weighted by molar-refractivity contribution is -0.870. The number of ether oxygens (including phenoxy) is 2. The maximum Gasteiger partial charge on any atom is 0.472 e. The summed E-state index contributed by atoms with van der Waals surface area (Å²) in [7, 11) is 1.38. The minimum Gasteiger partial charge on any atom is -0.462 e. The summed E-state index contributed by atoms with van der Waals surface area (Å²) in [4.78, 5) is 35.4. The number of esters is 2. The zero-order valence-corrected chi connectivity index (χ0v) is 39.4. The zero-order chi connectivity index (χ0) is 45.1. The number of rotatable bonds is 39. The van der Waals surface area contributed by atoms with Gasteiger partial charge in [0.1, 0.15) is 19.8 Å². The van der Waals surface area contributed by atoms with Crippen LogP contribution in [0.5, 0.6) is 0 Å². The van der Waals surface area contributed by atoms with Gasteiger partial charge in [0, 0.05) is 12.8 Å². The topological polar surface area (TPSA) is 129 Å². The number of allylic oxidation sites excluding steroid dienone is 18. The fourth-order valence-electron chi connectivity index (χ4n) is 5.25. The Labute approximate surface area is 370 Å². The molecule has 0 aromatic rings. The predicted molar refractivity (Wildman–Crippen MR) is 253 cm³/mol. The molecule has 2 N–H and O–H groups in total. The minimum atomic E-state index is -4.41. The molecule has 10 nitrogen and oxygen atoms in total. The highest BCUT2D eigenvalue weighted by Crippen LogP contribution is 2.43. The molecule has 0 aromatic heterocycles. The fraction of sp³-hybridized carbons (Fsp3) is 0.600. The molecule has 0 heterocycles. The van der Waals surface area contributed by atoms with Gasteiger partial charge in [-0.2, -0.15) is 0 Å². The lowest BCUT2D eigenvalue weighted by Crippen LogP contribution is -2.37. The van der Waals surface area contributed by atoms with E-state index in [4.69, 9.17) is 18.5 Å². The molecule has 1 unspecified atom stereocenters. The van der Waals surface area contributed by atoms with Crippen molar-refractivity contribution in [1.82, 2.24) is 0 Å². The van der Waals surface area contributed by atoms with Crippen molar-refractivity contribution < 1.29 is 47.2 Å². The number of aliphatic hydroxyl groups excluding tert-OH is 1. The van der Waals surface area contributed by atoms with Crippen LogP contribution in [0.25, 0.3) is 0 Å². The molecule has 61 heavy (non-hydrogen) atoms. The summed E-state index contributed by atoms with van der Waals surface area (Å²) in [5.41, 5.74) is 0. The quantitative estimate of drug-likeness (QED) is 0.0204. The van der Waals surface area contributed by atoms with Crippen molar-refractivity contribution in [3.05, 3.63) is 109 Å². The van der Waals surface area contributed by atoms with Gasteiger partial charge >= 0.3 is 19.8 Å². The van der Waals surface area contributed by atoms with E-state index in [0.29, 0.717) is 30.3 Å². The van der Waals surface area contributed by atoms with Gasteiger partial charge in [0.2, 0.25) is 0 Å². The number of hydrogen-bond acceptors (Lipinski definition) is 8. The second kappa shape index (κ2) is 40.7. The average molecular weight is 873 g/mol. The van der Waals surface area contributed by atoms with Crippen LogP contribution in [0.15, 0.2) is 109 Å². The van der Waals surface area contributed by atoms with Gasteiger partial charge in [-0.15, -0.1) is 0 Å². The van der Waals surface area contributed by atoms with Crippen molar-refractivity contribution in [3.63, 3.8) is 0 Å². The highest BCUT2D eigenvalue weighted by atomic mass is 31.2. The second-order valence-electron chi connectivity index (χ2n) is 15.8. The molecule has 0 saturated heterocycles. The number of hydrogen-bond donors (Lipinski definition) is 2. The molecule has 0 fully saturated rings. The molecular formula is C50H83NO9P+. The lowest BCUT2D eigenvalue weighted by atomic mass is 10.1. The van der Waals surface area contributed by atoms with E-state index >= 15 is 0 Å². The predicted octanol–water partition coefficient (Wildman–Crippen LogP) is 12.1. The SMILES string of the molecule is CC/C=C\C/C=C\C/C=C\C/C=C\C/C=C\CCCCCC(=O)O[C@H](COC(=O)CCC/C=C\C/C=C\C/C=C\C/C=C\CC[C@@H](O)CC)COP(=O)(O)OCC[N+](C)(C)C. The Hall–Kier alpha value is -3.37. The summed E-state index contributed by atoms with van der Waals surface area (Å²) in [6.07, 6.45) is 52.3. The smallest absolute Gasteiger partial charge is 0.462 e. The van der Waals surface area contributed by atoms with E-state index in [2.05, 4.69) is 110 Å². The fourth-order valence-corrected chi connectivity index (χ4v) is 5.99. The van der Waals surface area contributed by atoms with Gasteiger partial charge in [0.25, 0.3) is 0 Å². The maximum atomic E-state index is 12.7. The first-order valence-corrected chi connectivity index (χ1v) is 24.2. The Morgan fingerprint density at radius 3 is 1.52 bits per heavy atom. The molecule has 0 rings (SSSR count). The highest BCUT2D eigenvalue weighted by molar-refractivity contribution is 7.47. The summed E-state index contributed by atoms with van der Waals surface area (Å²) >= 11 is 0. The first kappa shape index (κ1) is 57.6. The molecular weight excluding hydrogens is 790 g/mol. The van der Waals surface area contributed by atoms with Gasteiger partial charge < -0.3 is 24.0 Å². The van der Waals surface area contributed by atoms with Crippen LogP contribution < -0.4 is 0 Å². The van der Waals surface area contributed by atoms with Crippen LogP contribution in [0, 0.1) is 0 Å². The molecule has 0 saturated carbocycles. The molecule has 0 bridgehead atoms. The Kier molecular flexibility index (Phi) is 38.4. The van der Waals surface area contributed by atoms with Gasteiger partial charge in [-0.1, -0.05) is 130 Å². The van der Waals surface area contributed by atoms with Crippen molar-refractivity contribution >= 4 is 19.8 Å². The molecule has 3 atom stereocenters. The first-order chi connectivity index (χ1) is 29.4. The number of unbranched alkanes of at least 4 members (excludes halogenated alkanes) is 4. The number of phosphoric ester groups is 1. The second-order valence-corrected chi connectivity index (χ2v) is 17.3. The summed E-state index contributed by atoms with van der Waals surface area (Å²) in [6.45, 7) is 3.88. The molecule has 0 radical (unpaired) electrons. The summed E-state index contributed by atoms with van der Waals surface area (Å²) < 4.78 is 34.2. The van der Waals surface area contributed by atoms with Crippen molar-refractivity contribution in [2.24, 2.45) is 0 Å². The van der Waals surface area contributed by atoms with Gasteiger partial charge in [-0.25, -0.2) is 4.57 Å². The van der Waals surface area contributed by atoms with Crippen LogP contribution in [0.1, 0.15) is 136 Å². The number of nitrogens with zero attached hydrogens (tertiary/aromatic N) is 1. The van der Waals surface area contributed by atoms with E-state index < -0.39 is 32.5 Å². The van der Waals surface area contributed by atoms with E-state index in [0.717, 1.165) is 89.9 Å². The van der Waals surface area contributed by atoms with Gasteiger partial charge in [-0.3, -0.25) is 18.6 Å². The Bertz CT molecular complexity index is 1420. The van der Waals surface area contributed by atoms with Crippen LogP contribution in [0.2, 0.25) is 0 Å². The average Bonchev–Trinajstić information content (AvgIpc) is 3.21. The zero-order valence-electron chi connectivity index (χ0n) is 38.5. The maximum absolute atomic E-state index is 12.7. The molecule has 0 amide bonds.